The van der Waals surface area contributed by atoms with E-state index in [0.29, 0.717) is 30.3 Å². The largest absolute Gasteiger partial charge is 0.493 e. The van der Waals surface area contributed by atoms with Gasteiger partial charge in [0.05, 0.1) is 39.6 Å². The molecular weight excluding hydrogens is 544 g/mol. The van der Waals surface area contributed by atoms with Gasteiger partial charge in [0.25, 0.3) is 0 Å². The van der Waals surface area contributed by atoms with Crippen LogP contribution in [0.1, 0.15) is 36.6 Å². The van der Waals surface area contributed by atoms with Gasteiger partial charge in [-0.1, -0.05) is 38.1 Å². The number of rotatable bonds is 10. The molecule has 9 nitrogen and oxygen atoms in total. The summed E-state index contributed by atoms with van der Waals surface area (Å²) in [5, 5.41) is 6.95. The number of hydrogen-bond acceptors (Lipinski definition) is 7. The highest BCUT2D eigenvalue weighted by Crippen LogP contribution is 2.46. The smallest absolute Gasteiger partial charge is 0.319 e. The first kappa shape index (κ1) is 30.0. The molecule has 0 saturated heterocycles. The fraction of sp³-hybridized carbons (Fsp3) is 0.353. The number of nitrogens with one attached hydrogen (secondary N) is 2. The molecule has 5 rings (SSSR count). The molecule has 2 heterocycles. The van der Waals surface area contributed by atoms with Gasteiger partial charge in [0.2, 0.25) is 0 Å². The molecule has 0 bridgehead atoms. The first-order valence-corrected chi connectivity index (χ1v) is 14.4. The van der Waals surface area contributed by atoms with Gasteiger partial charge in [0.1, 0.15) is 0 Å². The number of carbonyl (C=O) groups is 1. The van der Waals surface area contributed by atoms with Gasteiger partial charge in [-0.25, -0.2) is 4.79 Å². The molecule has 1 atom stereocenters. The van der Waals surface area contributed by atoms with Crippen LogP contribution >= 0.6 is 0 Å². The Morgan fingerprint density at radius 3 is 2.35 bits per heavy atom. The highest BCUT2D eigenvalue weighted by Gasteiger charge is 2.39. The number of pyridine rings is 1. The molecule has 0 spiro atoms. The number of fused-ring (bicyclic) bond motifs is 2. The lowest BCUT2D eigenvalue weighted by Crippen LogP contribution is -2.48. The number of benzene rings is 3. The molecule has 226 valence electrons. The number of anilines is 1. The van der Waals surface area contributed by atoms with Gasteiger partial charge in [-0.15, -0.1) is 0 Å². The summed E-state index contributed by atoms with van der Waals surface area (Å²) in [5.74, 6) is 2.79. The summed E-state index contributed by atoms with van der Waals surface area (Å²) < 4.78 is 22.5. The zero-order valence-electron chi connectivity index (χ0n) is 25.7. The Morgan fingerprint density at radius 2 is 1.60 bits per heavy atom. The summed E-state index contributed by atoms with van der Waals surface area (Å²) in [6.45, 7) is 6.40. The molecule has 0 aliphatic carbocycles. The number of amides is 2. The Morgan fingerprint density at radius 1 is 0.907 bits per heavy atom. The molecule has 0 radical (unpaired) electrons. The highest BCUT2D eigenvalue weighted by molar-refractivity contribution is 6.00. The van der Waals surface area contributed by atoms with Crippen LogP contribution in [-0.2, 0) is 11.8 Å². The van der Waals surface area contributed by atoms with Gasteiger partial charge in [-0.2, -0.15) is 0 Å². The second-order valence-electron chi connectivity index (χ2n) is 11.3. The second kappa shape index (κ2) is 12.8. The molecule has 43 heavy (non-hydrogen) atoms. The topological polar surface area (TPSA) is 94.2 Å². The maximum Gasteiger partial charge on any atom is 0.319 e. The normalized spacial score (nSPS) is 15.8. The quantitative estimate of drug-likeness (QED) is 0.237. The fourth-order valence-corrected chi connectivity index (χ4v) is 6.05. The maximum absolute atomic E-state index is 13.0. The van der Waals surface area contributed by atoms with Crippen molar-refractivity contribution in [1.82, 2.24) is 15.2 Å². The summed E-state index contributed by atoms with van der Waals surface area (Å²) >= 11 is 0. The molecule has 1 unspecified atom stereocenters. The van der Waals surface area contributed by atoms with E-state index in [1.807, 2.05) is 42.5 Å². The number of ether oxygens (including phenoxy) is 4. The van der Waals surface area contributed by atoms with Crippen molar-refractivity contribution < 1.29 is 23.7 Å². The van der Waals surface area contributed by atoms with E-state index in [1.54, 1.807) is 34.6 Å². The predicted octanol–water partition coefficient (Wildman–Crippen LogP) is 5.97. The summed E-state index contributed by atoms with van der Waals surface area (Å²) in [4.78, 5) is 19.8. The molecule has 1 aromatic heterocycles. The SMILES string of the molecule is COc1ccc(CC2c3cc(OC)c(OC)cc3C(C)(C)CN2CCNC(=O)Nc2ccnc3ccccc23)cc1OC. The zero-order valence-corrected chi connectivity index (χ0v) is 25.7. The Bertz CT molecular complexity index is 1600. The number of methoxy groups -OCH3 is 4. The van der Waals surface area contributed by atoms with Crippen LogP contribution in [0.25, 0.3) is 10.9 Å². The number of para-hydroxylation sites is 1. The average Bonchev–Trinajstić information content (AvgIpc) is 3.02. The molecule has 9 heteroatoms. The van der Waals surface area contributed by atoms with Gasteiger partial charge in [-0.3, -0.25) is 9.88 Å². The summed E-state index contributed by atoms with van der Waals surface area (Å²) in [6, 6.07) is 19.6. The predicted molar refractivity (Wildman–Crippen MR) is 169 cm³/mol. The van der Waals surface area contributed by atoms with E-state index < -0.39 is 0 Å². The van der Waals surface area contributed by atoms with Crippen LogP contribution in [0.15, 0.2) is 66.9 Å². The van der Waals surface area contributed by atoms with E-state index in [9.17, 15) is 4.79 Å². The monoisotopic (exact) mass is 584 g/mol. The number of nitrogens with zero attached hydrogens (tertiary/aromatic N) is 2. The summed E-state index contributed by atoms with van der Waals surface area (Å²) in [6.07, 6.45) is 2.43. The highest BCUT2D eigenvalue weighted by atomic mass is 16.5. The van der Waals surface area contributed by atoms with Gasteiger partial charge >= 0.3 is 6.03 Å². The van der Waals surface area contributed by atoms with Crippen molar-refractivity contribution >= 4 is 22.6 Å². The molecule has 1 aliphatic heterocycles. The van der Waals surface area contributed by atoms with E-state index in [1.165, 1.54) is 11.1 Å². The molecule has 2 amide bonds. The Balaban J connectivity index is 1.40. The van der Waals surface area contributed by atoms with E-state index in [0.717, 1.165) is 40.9 Å². The van der Waals surface area contributed by atoms with Gasteiger partial charge < -0.3 is 29.6 Å². The zero-order chi connectivity index (χ0) is 30.6. The average molecular weight is 585 g/mol. The number of hydrogen-bond donors (Lipinski definition) is 2. The van der Waals surface area contributed by atoms with Crippen molar-refractivity contribution in [1.29, 1.82) is 0 Å². The lowest BCUT2D eigenvalue weighted by molar-refractivity contribution is 0.139. The molecule has 4 aromatic rings. The van der Waals surface area contributed by atoms with E-state index in [-0.39, 0.29) is 17.5 Å². The molecule has 3 aromatic carbocycles. The lowest BCUT2D eigenvalue weighted by atomic mass is 9.74. The third-order valence-electron chi connectivity index (χ3n) is 8.14. The third kappa shape index (κ3) is 6.32. The van der Waals surface area contributed by atoms with Gasteiger partial charge in [-0.05, 0) is 59.5 Å². The summed E-state index contributed by atoms with van der Waals surface area (Å²) in [5.41, 5.74) is 4.91. The van der Waals surface area contributed by atoms with Crippen molar-refractivity contribution in [3.8, 4) is 23.0 Å². The van der Waals surface area contributed by atoms with Gasteiger partial charge in [0.15, 0.2) is 23.0 Å². The summed E-state index contributed by atoms with van der Waals surface area (Å²) in [7, 11) is 6.61. The van der Waals surface area contributed by atoms with Crippen LogP contribution in [0.4, 0.5) is 10.5 Å². The van der Waals surface area contributed by atoms with Crippen LogP contribution in [-0.4, -0.2) is 64.0 Å². The first-order valence-electron chi connectivity index (χ1n) is 14.4. The standard InChI is InChI=1S/C34H40N4O5/c1-34(2)21-38(16-15-36-33(39)37-27-13-14-35-26-10-8-7-9-23(26)27)28(17-22-11-12-29(40-3)30(18-22)41-4)24-19-31(42-5)32(43-6)20-25(24)34/h7-14,18-20,28H,15-17,21H2,1-6H3,(H2,35,36,37,39). The Kier molecular flexibility index (Phi) is 8.92. The lowest BCUT2D eigenvalue weighted by Gasteiger charge is -2.46. The van der Waals surface area contributed by atoms with E-state index in [4.69, 9.17) is 18.9 Å². The van der Waals surface area contributed by atoms with Crippen LogP contribution < -0.4 is 29.6 Å². The first-order chi connectivity index (χ1) is 20.8. The third-order valence-corrected chi connectivity index (χ3v) is 8.14. The molecule has 0 fully saturated rings. The molecule has 0 saturated carbocycles. The van der Waals surface area contributed by atoms with Crippen molar-refractivity contribution in [2.75, 3.05) is 53.4 Å². The molecule has 1 aliphatic rings. The van der Waals surface area contributed by atoms with E-state index >= 15 is 0 Å². The van der Waals surface area contributed by atoms with Crippen LogP contribution in [0, 0.1) is 0 Å². The minimum Gasteiger partial charge on any atom is -0.493 e. The molecule has 2 N–H and O–H groups in total. The van der Waals surface area contributed by atoms with Crippen molar-refractivity contribution in [3.05, 3.63) is 83.6 Å². The minimum absolute atomic E-state index is 0.0231. The number of aromatic nitrogens is 1. The van der Waals surface area contributed by atoms with Crippen LogP contribution in [0.3, 0.4) is 0 Å². The second-order valence-corrected chi connectivity index (χ2v) is 11.3. The van der Waals surface area contributed by atoms with Crippen molar-refractivity contribution in [2.45, 2.75) is 31.7 Å². The molecular formula is C34H40N4O5. The van der Waals surface area contributed by atoms with Gasteiger partial charge in [0, 0.05) is 42.7 Å². The minimum atomic E-state index is -0.254. The van der Waals surface area contributed by atoms with Crippen LogP contribution in [0.5, 0.6) is 23.0 Å². The van der Waals surface area contributed by atoms with Crippen molar-refractivity contribution in [3.63, 3.8) is 0 Å². The fourth-order valence-electron chi connectivity index (χ4n) is 6.05. The Hall–Kier alpha value is -4.50. The number of urea groups is 1. The van der Waals surface area contributed by atoms with Crippen molar-refractivity contribution in [2.24, 2.45) is 0 Å². The van der Waals surface area contributed by atoms with Crippen LogP contribution in [0.2, 0.25) is 0 Å². The Labute approximate surface area is 253 Å². The number of carbonyl (C=O) groups excluding carboxylic acids is 1. The van der Waals surface area contributed by atoms with E-state index in [2.05, 4.69) is 52.6 Å². The maximum atomic E-state index is 13.0.